The quantitative estimate of drug-likeness (QED) is 0.0629. The van der Waals surface area contributed by atoms with E-state index in [1.807, 2.05) is 29.6 Å². The fourth-order valence-electron chi connectivity index (χ4n) is 5.06. The van der Waals surface area contributed by atoms with Crippen molar-refractivity contribution in [3.8, 4) is 16.2 Å². The van der Waals surface area contributed by atoms with Gasteiger partial charge in [0.1, 0.15) is 12.3 Å². The molecule has 0 aliphatic carbocycles. The molecule has 0 fully saturated rings. The Labute approximate surface area is 286 Å². The molecule has 0 atom stereocenters. The Bertz CT molecular complexity index is 1690. The average molecular weight is 672 g/mol. The van der Waals surface area contributed by atoms with Gasteiger partial charge in [0.2, 0.25) is 0 Å². The highest BCUT2D eigenvalue weighted by Crippen LogP contribution is 2.39. The molecule has 0 aliphatic heterocycles. The summed E-state index contributed by atoms with van der Waals surface area (Å²) >= 11 is 2.63. The molecule has 47 heavy (non-hydrogen) atoms. The maximum atomic E-state index is 12.9. The van der Waals surface area contributed by atoms with E-state index in [0.29, 0.717) is 52.5 Å². The number of ketones is 2. The van der Waals surface area contributed by atoms with E-state index in [4.69, 9.17) is 5.73 Å². The third kappa shape index (κ3) is 10.0. The number of carbonyl (C=O) groups is 3. The SMILES string of the molecule is CC(=NCC(=O)c1ccc(C(=O)CCc2ccc(C(=O)NCCCCCCN)cc2)s1)c1csc(-c2ccc(C(C)(C)C)cc2)c1O. The zero-order chi connectivity index (χ0) is 34.0. The smallest absolute Gasteiger partial charge is 0.251 e. The monoisotopic (exact) mass is 671 g/mol. The number of nitrogens with two attached hydrogens (primary N) is 1. The predicted octanol–water partition coefficient (Wildman–Crippen LogP) is 8.24. The van der Waals surface area contributed by atoms with Crippen molar-refractivity contribution in [1.29, 1.82) is 0 Å². The van der Waals surface area contributed by atoms with E-state index < -0.39 is 0 Å². The highest BCUT2D eigenvalue weighted by Gasteiger charge is 2.18. The van der Waals surface area contributed by atoms with Crippen molar-refractivity contribution in [2.24, 2.45) is 10.7 Å². The molecule has 0 spiro atoms. The summed E-state index contributed by atoms with van der Waals surface area (Å²) in [6.45, 7) is 9.56. The van der Waals surface area contributed by atoms with Gasteiger partial charge in [-0.2, -0.15) is 0 Å². The summed E-state index contributed by atoms with van der Waals surface area (Å²) in [6.07, 6.45) is 4.92. The van der Waals surface area contributed by atoms with Crippen LogP contribution in [0.4, 0.5) is 0 Å². The number of nitrogens with zero attached hydrogens (tertiary/aromatic N) is 1. The molecule has 0 bridgehead atoms. The van der Waals surface area contributed by atoms with Gasteiger partial charge in [0.15, 0.2) is 11.6 Å². The van der Waals surface area contributed by atoms with E-state index in [0.717, 1.165) is 41.7 Å². The molecule has 4 rings (SSSR count). The van der Waals surface area contributed by atoms with Crippen molar-refractivity contribution < 1.29 is 19.5 Å². The van der Waals surface area contributed by atoms with Crippen LogP contribution in [0.5, 0.6) is 5.75 Å². The molecule has 0 radical (unpaired) electrons. The Morgan fingerprint density at radius 2 is 1.53 bits per heavy atom. The lowest BCUT2D eigenvalue weighted by Crippen LogP contribution is -2.24. The van der Waals surface area contributed by atoms with Gasteiger partial charge in [-0.1, -0.05) is 70.0 Å². The number of hydrogen-bond acceptors (Lipinski definition) is 8. The number of carbonyl (C=O) groups excluding carboxylic acids is 3. The van der Waals surface area contributed by atoms with Gasteiger partial charge < -0.3 is 16.2 Å². The lowest BCUT2D eigenvalue weighted by Gasteiger charge is -2.19. The molecule has 2 aromatic carbocycles. The molecule has 248 valence electrons. The Kier molecular flexibility index (Phi) is 12.8. The molecule has 0 unspecified atom stereocenters. The number of unbranched alkanes of at least 4 members (excludes halogenated alkanes) is 3. The third-order valence-corrected chi connectivity index (χ3v) is 10.2. The number of hydrogen-bond donors (Lipinski definition) is 3. The molecular weight excluding hydrogens is 627 g/mol. The summed E-state index contributed by atoms with van der Waals surface area (Å²) < 4.78 is 0. The second kappa shape index (κ2) is 16.8. The lowest BCUT2D eigenvalue weighted by atomic mass is 9.86. The number of rotatable bonds is 16. The van der Waals surface area contributed by atoms with Gasteiger partial charge in [0.25, 0.3) is 5.91 Å². The molecule has 0 aliphatic rings. The Morgan fingerprint density at radius 3 is 2.19 bits per heavy atom. The van der Waals surface area contributed by atoms with E-state index in [9.17, 15) is 19.5 Å². The Morgan fingerprint density at radius 1 is 0.872 bits per heavy atom. The number of nitrogens with one attached hydrogen (secondary N) is 1. The number of aliphatic imine (C=N–C) groups is 1. The van der Waals surface area contributed by atoms with Gasteiger partial charge in [-0.25, -0.2) is 0 Å². The first-order chi connectivity index (χ1) is 22.5. The molecule has 4 aromatic rings. The Balaban J connectivity index is 1.26. The van der Waals surface area contributed by atoms with Crippen LogP contribution < -0.4 is 11.1 Å². The van der Waals surface area contributed by atoms with E-state index in [1.165, 1.54) is 28.2 Å². The number of amides is 1. The van der Waals surface area contributed by atoms with Gasteiger partial charge in [-0.05, 0) is 79.1 Å². The minimum atomic E-state index is -0.175. The van der Waals surface area contributed by atoms with E-state index >= 15 is 0 Å². The molecule has 7 nitrogen and oxygen atoms in total. The van der Waals surface area contributed by atoms with Crippen LogP contribution in [0.1, 0.15) is 106 Å². The highest BCUT2D eigenvalue weighted by atomic mass is 32.1. The topological polar surface area (TPSA) is 122 Å². The fraction of sp³-hybridized carbons (Fsp3) is 0.368. The molecule has 9 heteroatoms. The molecule has 2 aromatic heterocycles. The van der Waals surface area contributed by atoms with Crippen molar-refractivity contribution in [1.82, 2.24) is 5.32 Å². The lowest BCUT2D eigenvalue weighted by molar-refractivity contribution is 0.0950. The molecule has 0 saturated heterocycles. The van der Waals surface area contributed by atoms with Gasteiger partial charge >= 0.3 is 0 Å². The minimum absolute atomic E-state index is 0.0311. The summed E-state index contributed by atoms with van der Waals surface area (Å²) in [7, 11) is 0. The van der Waals surface area contributed by atoms with Crippen LogP contribution in [0.3, 0.4) is 0 Å². The van der Waals surface area contributed by atoms with Crippen molar-refractivity contribution in [2.75, 3.05) is 19.6 Å². The number of thiophene rings is 2. The average Bonchev–Trinajstić information content (AvgIpc) is 3.71. The van der Waals surface area contributed by atoms with Gasteiger partial charge in [0, 0.05) is 35.2 Å². The zero-order valence-electron chi connectivity index (χ0n) is 27.7. The van der Waals surface area contributed by atoms with Crippen molar-refractivity contribution in [3.63, 3.8) is 0 Å². The van der Waals surface area contributed by atoms with E-state index in [2.05, 4.69) is 43.2 Å². The second-order valence-electron chi connectivity index (χ2n) is 12.7. The van der Waals surface area contributed by atoms with Crippen LogP contribution in [0.15, 0.2) is 71.0 Å². The summed E-state index contributed by atoms with van der Waals surface area (Å²) in [5.74, 6) is -0.138. The first kappa shape index (κ1) is 35.9. The molecule has 0 saturated carbocycles. The van der Waals surface area contributed by atoms with Gasteiger partial charge in [-0.3, -0.25) is 19.4 Å². The highest BCUT2D eigenvalue weighted by molar-refractivity contribution is 7.16. The van der Waals surface area contributed by atoms with Crippen molar-refractivity contribution >= 4 is 45.9 Å². The number of aryl methyl sites for hydroxylation is 1. The van der Waals surface area contributed by atoms with Crippen LogP contribution in [0, 0.1) is 0 Å². The largest absolute Gasteiger partial charge is 0.506 e. The summed E-state index contributed by atoms with van der Waals surface area (Å²) in [5, 5.41) is 15.8. The number of Topliss-reactive ketones (excluding diaryl/α,β-unsaturated/α-hetero) is 2. The predicted molar refractivity (Wildman–Crippen MR) is 195 cm³/mol. The maximum absolute atomic E-state index is 12.9. The fourth-order valence-corrected chi connectivity index (χ4v) is 6.97. The normalized spacial score (nSPS) is 11.9. The molecule has 4 N–H and O–H groups in total. The molecular formula is C38H45N3O4S2. The number of aromatic hydroxyl groups is 1. The standard InChI is InChI=1S/C38H45N3O4S2/c1-25(30-24-46-36(35(30)44)27-14-16-29(17-15-27)38(2,3)4)41-23-32(43)34-20-19-33(47-34)31(42)18-11-26-9-12-28(13-10-26)37(45)40-22-8-6-5-7-21-39/h9-10,12-17,19-20,24,44H,5-8,11,18,21-23,39H2,1-4H3,(H,40,45). The summed E-state index contributed by atoms with van der Waals surface area (Å²) in [6, 6.07) is 18.9. The van der Waals surface area contributed by atoms with E-state index in [-0.39, 0.29) is 35.2 Å². The van der Waals surface area contributed by atoms with Crippen LogP contribution in [-0.4, -0.2) is 47.9 Å². The minimum Gasteiger partial charge on any atom is -0.506 e. The third-order valence-electron chi connectivity index (χ3n) is 8.06. The van der Waals surface area contributed by atoms with Crippen LogP contribution in [-0.2, 0) is 11.8 Å². The van der Waals surface area contributed by atoms with Crippen molar-refractivity contribution in [3.05, 3.63) is 98.1 Å². The number of benzene rings is 2. The molecule has 1 amide bonds. The second-order valence-corrected chi connectivity index (χ2v) is 14.7. The summed E-state index contributed by atoms with van der Waals surface area (Å²) in [5.41, 5.74) is 10.5. The van der Waals surface area contributed by atoms with Crippen LogP contribution in [0.25, 0.3) is 10.4 Å². The first-order valence-corrected chi connectivity index (χ1v) is 17.8. The Hall–Kier alpha value is -3.92. The maximum Gasteiger partial charge on any atom is 0.251 e. The summed E-state index contributed by atoms with van der Waals surface area (Å²) in [4.78, 5) is 44.5. The van der Waals surface area contributed by atoms with Gasteiger partial charge in [0.05, 0.1) is 14.6 Å². The van der Waals surface area contributed by atoms with E-state index in [1.54, 1.807) is 31.2 Å². The van der Waals surface area contributed by atoms with Crippen LogP contribution >= 0.6 is 22.7 Å². The molecule has 2 heterocycles. The van der Waals surface area contributed by atoms with Gasteiger partial charge in [-0.15, -0.1) is 22.7 Å². The van der Waals surface area contributed by atoms with Crippen molar-refractivity contribution in [2.45, 2.75) is 71.6 Å². The van der Waals surface area contributed by atoms with Crippen LogP contribution in [0.2, 0.25) is 0 Å². The zero-order valence-corrected chi connectivity index (χ0v) is 29.4. The first-order valence-electron chi connectivity index (χ1n) is 16.1.